The number of hydrogen-bond acceptors (Lipinski definition) is 4. The van der Waals surface area contributed by atoms with Gasteiger partial charge in [-0.05, 0) is 18.2 Å². The van der Waals surface area contributed by atoms with E-state index < -0.39 is 0 Å². The van der Waals surface area contributed by atoms with Crippen molar-refractivity contribution in [2.45, 2.75) is 6.42 Å². The van der Waals surface area contributed by atoms with Gasteiger partial charge >= 0.3 is 0 Å². The molecule has 0 unspecified atom stereocenters. The molecule has 6 nitrogen and oxygen atoms in total. The van der Waals surface area contributed by atoms with E-state index >= 15 is 0 Å². The molecule has 3 aromatic rings. The highest BCUT2D eigenvalue weighted by Crippen LogP contribution is 2.24. The Kier molecular flexibility index (Phi) is 4.90. The molecular formula is C21H23FN4O2. The van der Waals surface area contributed by atoms with E-state index in [0.717, 1.165) is 22.8 Å². The first-order valence-electron chi connectivity index (χ1n) is 9.34. The maximum absolute atomic E-state index is 14.0. The molecule has 0 bridgehead atoms. The van der Waals surface area contributed by atoms with Crippen molar-refractivity contribution in [1.82, 2.24) is 14.5 Å². The van der Waals surface area contributed by atoms with Gasteiger partial charge in [0.05, 0.1) is 19.0 Å². The van der Waals surface area contributed by atoms with Gasteiger partial charge in [-0.15, -0.1) is 0 Å². The van der Waals surface area contributed by atoms with Gasteiger partial charge < -0.3 is 19.1 Å². The van der Waals surface area contributed by atoms with Crippen LogP contribution in [-0.4, -0.2) is 53.6 Å². The van der Waals surface area contributed by atoms with E-state index in [1.165, 1.54) is 6.07 Å². The molecule has 0 atom stereocenters. The normalized spacial score (nSPS) is 14.5. The summed E-state index contributed by atoms with van der Waals surface area (Å²) in [5, 5.41) is 0. The van der Waals surface area contributed by atoms with Crippen LogP contribution >= 0.6 is 0 Å². The number of para-hydroxylation sites is 2. The summed E-state index contributed by atoms with van der Waals surface area (Å²) < 4.78 is 21.3. The second-order valence-electron chi connectivity index (χ2n) is 6.93. The van der Waals surface area contributed by atoms with E-state index in [1.807, 2.05) is 46.8 Å². The summed E-state index contributed by atoms with van der Waals surface area (Å²) in [4.78, 5) is 21.2. The molecule has 1 aliphatic heterocycles. The van der Waals surface area contributed by atoms with Crippen LogP contribution in [-0.2, 0) is 18.3 Å². The van der Waals surface area contributed by atoms with Crippen molar-refractivity contribution in [1.29, 1.82) is 0 Å². The first kappa shape index (κ1) is 18.3. The first-order chi connectivity index (χ1) is 13.6. The maximum atomic E-state index is 14.0. The van der Waals surface area contributed by atoms with Crippen LogP contribution in [0.2, 0.25) is 0 Å². The highest BCUT2D eigenvalue weighted by atomic mass is 19.1. The lowest BCUT2D eigenvalue weighted by Crippen LogP contribution is -2.49. The number of aryl methyl sites for hydroxylation is 1. The number of ether oxygens (including phenoxy) is 1. The predicted molar refractivity (Wildman–Crippen MR) is 106 cm³/mol. The van der Waals surface area contributed by atoms with Crippen LogP contribution in [0.25, 0.3) is 11.0 Å². The molecule has 7 heteroatoms. The van der Waals surface area contributed by atoms with Crippen LogP contribution in [0.3, 0.4) is 0 Å². The minimum atomic E-state index is -0.315. The summed E-state index contributed by atoms with van der Waals surface area (Å²) in [7, 11) is 3.51. The number of hydrogen-bond donors (Lipinski definition) is 0. The van der Waals surface area contributed by atoms with Crippen LogP contribution in [0, 0.1) is 5.82 Å². The zero-order chi connectivity index (χ0) is 19.7. The molecule has 1 amide bonds. The maximum Gasteiger partial charge on any atom is 0.227 e. The molecule has 28 heavy (non-hydrogen) atoms. The molecule has 1 saturated heterocycles. The van der Waals surface area contributed by atoms with Crippen molar-refractivity contribution in [3.63, 3.8) is 0 Å². The van der Waals surface area contributed by atoms with Gasteiger partial charge in [0.25, 0.3) is 0 Å². The van der Waals surface area contributed by atoms with Crippen LogP contribution in [0.4, 0.5) is 10.3 Å². The second kappa shape index (κ2) is 7.50. The van der Waals surface area contributed by atoms with E-state index in [4.69, 9.17) is 4.74 Å². The number of carbonyl (C=O) groups is 1. The van der Waals surface area contributed by atoms with Gasteiger partial charge in [-0.2, -0.15) is 0 Å². The largest absolute Gasteiger partial charge is 0.496 e. The summed E-state index contributed by atoms with van der Waals surface area (Å²) in [6.45, 7) is 2.55. The third kappa shape index (κ3) is 3.28. The number of halogens is 1. The fourth-order valence-electron chi connectivity index (χ4n) is 3.73. The van der Waals surface area contributed by atoms with Crippen LogP contribution < -0.4 is 9.64 Å². The van der Waals surface area contributed by atoms with Crippen molar-refractivity contribution < 1.29 is 13.9 Å². The van der Waals surface area contributed by atoms with E-state index in [1.54, 1.807) is 13.2 Å². The van der Waals surface area contributed by atoms with Crippen molar-refractivity contribution in [2.75, 3.05) is 38.2 Å². The third-order valence-corrected chi connectivity index (χ3v) is 5.29. The highest BCUT2D eigenvalue weighted by molar-refractivity contribution is 5.81. The number of anilines is 1. The number of benzene rings is 2. The first-order valence-corrected chi connectivity index (χ1v) is 9.34. The SMILES string of the molecule is COc1ccccc1CC(=O)N1CCN(c2nc3c(F)cccc3n2C)CC1. The van der Waals surface area contributed by atoms with E-state index in [0.29, 0.717) is 38.1 Å². The summed E-state index contributed by atoms with van der Waals surface area (Å²) in [6.07, 6.45) is 0.321. The third-order valence-electron chi connectivity index (χ3n) is 5.29. The van der Waals surface area contributed by atoms with Gasteiger partial charge in [-0.3, -0.25) is 4.79 Å². The molecule has 0 N–H and O–H groups in total. The zero-order valence-electron chi connectivity index (χ0n) is 16.1. The van der Waals surface area contributed by atoms with Crippen LogP contribution in [0.1, 0.15) is 5.56 Å². The number of imidazole rings is 1. The number of rotatable bonds is 4. The fraction of sp³-hybridized carbons (Fsp3) is 0.333. The molecule has 2 aromatic carbocycles. The predicted octanol–water partition coefficient (Wildman–Crippen LogP) is 2.61. The van der Waals surface area contributed by atoms with Gasteiger partial charge in [-0.25, -0.2) is 9.37 Å². The number of amides is 1. The Bertz CT molecular complexity index is 1010. The lowest BCUT2D eigenvalue weighted by Gasteiger charge is -2.35. The Hall–Kier alpha value is -3.09. The Morgan fingerprint density at radius 2 is 1.86 bits per heavy atom. The van der Waals surface area contributed by atoms with Gasteiger partial charge in [0.2, 0.25) is 11.9 Å². The summed E-state index contributed by atoms with van der Waals surface area (Å²) in [5.74, 6) is 1.23. The second-order valence-corrected chi connectivity index (χ2v) is 6.93. The molecule has 0 radical (unpaired) electrons. The number of nitrogens with zero attached hydrogens (tertiary/aromatic N) is 4. The van der Waals surface area contributed by atoms with Gasteiger partial charge in [0.15, 0.2) is 5.82 Å². The fourth-order valence-corrected chi connectivity index (χ4v) is 3.73. The topological polar surface area (TPSA) is 50.6 Å². The average molecular weight is 382 g/mol. The molecule has 1 aliphatic rings. The smallest absolute Gasteiger partial charge is 0.227 e. The molecule has 0 aliphatic carbocycles. The monoisotopic (exact) mass is 382 g/mol. The average Bonchev–Trinajstić information content (AvgIpc) is 3.06. The quantitative estimate of drug-likeness (QED) is 0.696. The lowest BCUT2D eigenvalue weighted by molar-refractivity contribution is -0.130. The summed E-state index contributed by atoms with van der Waals surface area (Å²) >= 11 is 0. The number of carbonyl (C=O) groups excluding carboxylic acids is 1. The number of methoxy groups -OCH3 is 1. The molecule has 1 fully saturated rings. The Balaban J connectivity index is 1.44. The Labute approximate surface area is 163 Å². The summed E-state index contributed by atoms with van der Waals surface area (Å²) in [6, 6.07) is 12.6. The minimum Gasteiger partial charge on any atom is -0.496 e. The minimum absolute atomic E-state index is 0.0835. The van der Waals surface area contributed by atoms with Crippen LogP contribution in [0.15, 0.2) is 42.5 Å². The molecule has 2 heterocycles. The molecule has 1 aromatic heterocycles. The molecular weight excluding hydrogens is 359 g/mol. The number of fused-ring (bicyclic) bond motifs is 1. The molecule has 146 valence electrons. The van der Waals surface area contributed by atoms with E-state index in [9.17, 15) is 9.18 Å². The molecule has 0 saturated carbocycles. The Morgan fingerprint density at radius 3 is 2.57 bits per heavy atom. The standard InChI is InChI=1S/C21H23FN4O2/c1-24-17-8-5-7-16(22)20(17)23-21(24)26-12-10-25(11-13-26)19(27)14-15-6-3-4-9-18(15)28-2/h3-9H,10-14H2,1-2H3. The number of piperazine rings is 1. The van der Waals surface area contributed by atoms with Crippen molar-refractivity contribution in [3.05, 3.63) is 53.8 Å². The number of aromatic nitrogens is 2. The van der Waals surface area contributed by atoms with Crippen molar-refractivity contribution >= 4 is 22.9 Å². The van der Waals surface area contributed by atoms with Gasteiger partial charge in [0.1, 0.15) is 11.3 Å². The van der Waals surface area contributed by atoms with Gasteiger partial charge in [0, 0.05) is 38.8 Å². The highest BCUT2D eigenvalue weighted by Gasteiger charge is 2.25. The van der Waals surface area contributed by atoms with Crippen molar-refractivity contribution in [3.8, 4) is 5.75 Å². The van der Waals surface area contributed by atoms with Gasteiger partial charge in [-0.1, -0.05) is 24.3 Å². The van der Waals surface area contributed by atoms with E-state index in [-0.39, 0.29) is 11.7 Å². The molecule has 4 rings (SSSR count). The molecule has 0 spiro atoms. The van der Waals surface area contributed by atoms with E-state index in [2.05, 4.69) is 9.88 Å². The lowest BCUT2D eigenvalue weighted by atomic mass is 10.1. The Morgan fingerprint density at radius 1 is 1.11 bits per heavy atom. The zero-order valence-corrected chi connectivity index (χ0v) is 16.1. The van der Waals surface area contributed by atoms with Crippen LogP contribution in [0.5, 0.6) is 5.75 Å². The summed E-state index contributed by atoms with van der Waals surface area (Å²) in [5.41, 5.74) is 2.04. The van der Waals surface area contributed by atoms with Crippen molar-refractivity contribution in [2.24, 2.45) is 7.05 Å².